The molecule has 106 valence electrons. The lowest BCUT2D eigenvalue weighted by molar-refractivity contribution is -0.00461. The Morgan fingerprint density at radius 3 is 2.47 bits per heavy atom. The third-order valence-electron chi connectivity index (χ3n) is 3.40. The van der Waals surface area contributed by atoms with Gasteiger partial charge in [0.15, 0.2) is 0 Å². The van der Waals surface area contributed by atoms with E-state index in [2.05, 4.69) is 20.2 Å². The minimum atomic E-state index is 0.0851. The normalized spacial score (nSPS) is 22.8. The molecule has 2 heterocycles. The number of aryl methyl sites for hydroxylation is 1. The predicted octanol–water partition coefficient (Wildman–Crippen LogP) is 1.07. The molecule has 0 bridgehead atoms. The van der Waals surface area contributed by atoms with Gasteiger partial charge in [0.05, 0.1) is 0 Å². The lowest BCUT2D eigenvalue weighted by Gasteiger charge is -2.19. The summed E-state index contributed by atoms with van der Waals surface area (Å²) in [5, 5.41) is 3.14. The first kappa shape index (κ1) is 14.0. The van der Waals surface area contributed by atoms with Crippen molar-refractivity contribution in [1.29, 1.82) is 0 Å². The Morgan fingerprint density at radius 1 is 1.32 bits per heavy atom. The Labute approximate surface area is 114 Å². The highest BCUT2D eigenvalue weighted by molar-refractivity contribution is 5.50. The van der Waals surface area contributed by atoms with E-state index in [0.29, 0.717) is 5.95 Å². The van der Waals surface area contributed by atoms with Crippen LogP contribution in [0.15, 0.2) is 6.20 Å². The van der Waals surface area contributed by atoms with E-state index in [9.17, 15) is 0 Å². The van der Waals surface area contributed by atoms with E-state index in [1.54, 1.807) is 14.2 Å². The molecule has 0 aromatic carbocycles. The minimum absolute atomic E-state index is 0.0851. The number of nitrogens with zero attached hydrogens (tertiary/aromatic N) is 3. The van der Waals surface area contributed by atoms with Crippen LogP contribution in [0.25, 0.3) is 0 Å². The molecule has 1 saturated heterocycles. The second kappa shape index (κ2) is 6.16. The maximum Gasteiger partial charge on any atom is 0.224 e. The number of rotatable bonds is 5. The summed E-state index contributed by atoms with van der Waals surface area (Å²) < 4.78 is 10.9. The first-order valence-electron chi connectivity index (χ1n) is 6.57. The van der Waals surface area contributed by atoms with Gasteiger partial charge in [-0.1, -0.05) is 0 Å². The summed E-state index contributed by atoms with van der Waals surface area (Å²) >= 11 is 0. The number of methoxy groups -OCH3 is 2. The molecule has 19 heavy (non-hydrogen) atoms. The van der Waals surface area contributed by atoms with Crippen LogP contribution in [0.4, 0.5) is 11.8 Å². The van der Waals surface area contributed by atoms with Gasteiger partial charge in [0, 0.05) is 45.6 Å². The lowest BCUT2D eigenvalue weighted by atomic mass is 10.3. The van der Waals surface area contributed by atoms with E-state index in [4.69, 9.17) is 9.47 Å². The fourth-order valence-electron chi connectivity index (χ4n) is 2.37. The number of aromatic nitrogens is 2. The second-order valence-electron chi connectivity index (χ2n) is 4.68. The Morgan fingerprint density at radius 2 is 1.95 bits per heavy atom. The molecule has 2 rings (SSSR count). The largest absolute Gasteiger partial charge is 0.377 e. The molecule has 0 amide bonds. The number of hydrogen-bond donors (Lipinski definition) is 1. The van der Waals surface area contributed by atoms with Crippen LogP contribution >= 0.6 is 0 Å². The molecule has 0 spiro atoms. The molecule has 0 radical (unpaired) electrons. The minimum Gasteiger partial charge on any atom is -0.377 e. The van der Waals surface area contributed by atoms with Crippen molar-refractivity contribution in [3.63, 3.8) is 0 Å². The smallest absolute Gasteiger partial charge is 0.224 e. The molecule has 2 atom stereocenters. The van der Waals surface area contributed by atoms with Crippen LogP contribution in [-0.4, -0.2) is 56.0 Å². The fraction of sp³-hybridized carbons (Fsp3) is 0.692. The average Bonchev–Trinajstić information content (AvgIpc) is 2.84. The first-order valence-corrected chi connectivity index (χ1v) is 6.57. The third-order valence-corrected chi connectivity index (χ3v) is 3.40. The van der Waals surface area contributed by atoms with E-state index < -0.39 is 0 Å². The highest BCUT2D eigenvalue weighted by atomic mass is 16.5. The van der Waals surface area contributed by atoms with Gasteiger partial charge in [-0.05, 0) is 13.8 Å². The van der Waals surface area contributed by atoms with Crippen LogP contribution < -0.4 is 10.2 Å². The zero-order valence-corrected chi connectivity index (χ0v) is 12.0. The second-order valence-corrected chi connectivity index (χ2v) is 4.68. The quantitative estimate of drug-likeness (QED) is 0.860. The van der Waals surface area contributed by atoms with Crippen LogP contribution in [0.5, 0.6) is 0 Å². The van der Waals surface area contributed by atoms with Crippen molar-refractivity contribution in [2.45, 2.75) is 26.1 Å². The number of nitrogens with one attached hydrogen (secondary N) is 1. The Kier molecular flexibility index (Phi) is 4.55. The van der Waals surface area contributed by atoms with Gasteiger partial charge in [-0.25, -0.2) is 4.98 Å². The van der Waals surface area contributed by atoms with Crippen LogP contribution in [-0.2, 0) is 9.47 Å². The summed E-state index contributed by atoms with van der Waals surface area (Å²) in [6, 6.07) is 0. The van der Waals surface area contributed by atoms with E-state index in [-0.39, 0.29) is 12.2 Å². The van der Waals surface area contributed by atoms with Crippen LogP contribution in [0, 0.1) is 6.92 Å². The summed E-state index contributed by atoms with van der Waals surface area (Å²) in [4.78, 5) is 11.0. The predicted molar refractivity (Wildman–Crippen MR) is 74.7 cm³/mol. The van der Waals surface area contributed by atoms with Crippen LogP contribution in [0.1, 0.15) is 12.5 Å². The molecule has 1 aliphatic heterocycles. The summed E-state index contributed by atoms with van der Waals surface area (Å²) in [7, 11) is 3.44. The Bertz CT molecular complexity index is 415. The first-order chi connectivity index (χ1) is 9.19. The molecule has 0 saturated carbocycles. The van der Waals surface area contributed by atoms with Gasteiger partial charge in [0.25, 0.3) is 0 Å². The van der Waals surface area contributed by atoms with Gasteiger partial charge < -0.3 is 19.7 Å². The van der Waals surface area contributed by atoms with Crippen molar-refractivity contribution in [1.82, 2.24) is 9.97 Å². The van der Waals surface area contributed by atoms with E-state index in [0.717, 1.165) is 31.0 Å². The molecule has 1 fully saturated rings. The molecule has 6 nitrogen and oxygen atoms in total. The molecule has 1 aromatic heterocycles. The highest BCUT2D eigenvalue weighted by Gasteiger charge is 2.34. The van der Waals surface area contributed by atoms with Gasteiger partial charge >= 0.3 is 0 Å². The maximum absolute atomic E-state index is 5.46. The Hall–Kier alpha value is -1.40. The fourth-order valence-corrected chi connectivity index (χ4v) is 2.37. The molecule has 1 N–H and O–H groups in total. The van der Waals surface area contributed by atoms with Gasteiger partial charge in [-0.15, -0.1) is 0 Å². The summed E-state index contributed by atoms with van der Waals surface area (Å²) in [5.41, 5.74) is 1.06. The maximum atomic E-state index is 5.46. The molecule has 2 unspecified atom stereocenters. The van der Waals surface area contributed by atoms with E-state index in [1.165, 1.54) is 0 Å². The van der Waals surface area contributed by atoms with Crippen molar-refractivity contribution >= 4 is 11.8 Å². The number of hydrogen-bond acceptors (Lipinski definition) is 6. The summed E-state index contributed by atoms with van der Waals surface area (Å²) in [5.74, 6) is 1.62. The molecule has 1 aliphatic rings. The number of anilines is 2. The van der Waals surface area contributed by atoms with Gasteiger partial charge in [-0.2, -0.15) is 4.98 Å². The highest BCUT2D eigenvalue weighted by Crippen LogP contribution is 2.25. The van der Waals surface area contributed by atoms with Crippen molar-refractivity contribution in [2.75, 3.05) is 44.1 Å². The van der Waals surface area contributed by atoms with Gasteiger partial charge in [0.1, 0.15) is 18.0 Å². The zero-order chi connectivity index (χ0) is 13.8. The van der Waals surface area contributed by atoms with Crippen molar-refractivity contribution in [3.8, 4) is 0 Å². The zero-order valence-electron chi connectivity index (χ0n) is 12.0. The third kappa shape index (κ3) is 2.96. The molecule has 1 aromatic rings. The standard InChI is InChI=1S/C13H22N4O2/c1-5-14-13-15-6-9(2)12(16-13)17-7-10(18-3)11(8-17)19-4/h6,10-11H,5,7-8H2,1-4H3,(H,14,15,16). The van der Waals surface area contributed by atoms with E-state index >= 15 is 0 Å². The van der Waals surface area contributed by atoms with Crippen LogP contribution in [0.2, 0.25) is 0 Å². The number of ether oxygens (including phenoxy) is 2. The Balaban J connectivity index is 2.20. The average molecular weight is 266 g/mol. The lowest BCUT2D eigenvalue weighted by Crippen LogP contribution is -2.27. The molecule has 0 aliphatic carbocycles. The molecular formula is C13H22N4O2. The van der Waals surface area contributed by atoms with Crippen molar-refractivity contribution < 1.29 is 9.47 Å². The van der Waals surface area contributed by atoms with Crippen LogP contribution in [0.3, 0.4) is 0 Å². The SMILES string of the molecule is CCNc1ncc(C)c(N2CC(OC)C(OC)C2)n1. The topological polar surface area (TPSA) is 59.5 Å². The monoisotopic (exact) mass is 266 g/mol. The molecule has 6 heteroatoms. The van der Waals surface area contributed by atoms with E-state index in [1.807, 2.05) is 20.0 Å². The molecular weight excluding hydrogens is 244 g/mol. The van der Waals surface area contributed by atoms with Gasteiger partial charge in [-0.3, -0.25) is 0 Å². The summed E-state index contributed by atoms with van der Waals surface area (Å²) in [6.07, 6.45) is 2.02. The van der Waals surface area contributed by atoms with Crippen molar-refractivity contribution in [2.24, 2.45) is 0 Å². The summed E-state index contributed by atoms with van der Waals surface area (Å²) in [6.45, 7) is 6.44. The van der Waals surface area contributed by atoms with Gasteiger partial charge in [0.2, 0.25) is 5.95 Å². The van der Waals surface area contributed by atoms with Crippen molar-refractivity contribution in [3.05, 3.63) is 11.8 Å².